The molecule has 0 saturated heterocycles. The highest BCUT2D eigenvalue weighted by Gasteiger charge is 2.15. The van der Waals surface area contributed by atoms with E-state index in [-0.39, 0.29) is 24.1 Å². The van der Waals surface area contributed by atoms with Crippen LogP contribution >= 0.6 is 11.8 Å². The molecule has 0 spiro atoms. The van der Waals surface area contributed by atoms with Crippen molar-refractivity contribution in [1.29, 1.82) is 0 Å². The van der Waals surface area contributed by atoms with E-state index in [2.05, 4.69) is 20.4 Å². The fourth-order valence-electron chi connectivity index (χ4n) is 2.76. The van der Waals surface area contributed by atoms with Crippen molar-refractivity contribution in [2.75, 3.05) is 18.0 Å². The van der Waals surface area contributed by atoms with Crippen molar-refractivity contribution in [3.05, 3.63) is 52.6 Å². The molecule has 1 aromatic carbocycles. The number of hydrogen-bond donors (Lipinski definition) is 2. The van der Waals surface area contributed by atoms with Crippen LogP contribution in [-0.2, 0) is 17.0 Å². The zero-order valence-corrected chi connectivity index (χ0v) is 16.0. The molecule has 2 aromatic heterocycles. The van der Waals surface area contributed by atoms with Gasteiger partial charge in [0.15, 0.2) is 0 Å². The van der Waals surface area contributed by atoms with Crippen molar-refractivity contribution in [2.24, 2.45) is 0 Å². The third-order valence-corrected chi connectivity index (χ3v) is 5.19. The van der Waals surface area contributed by atoms with Crippen LogP contribution in [0.2, 0.25) is 0 Å². The van der Waals surface area contributed by atoms with Gasteiger partial charge in [0.05, 0.1) is 6.42 Å². The lowest BCUT2D eigenvalue weighted by atomic mass is 10.1. The van der Waals surface area contributed by atoms with Gasteiger partial charge in [0, 0.05) is 35.0 Å². The predicted molar refractivity (Wildman–Crippen MR) is 104 cm³/mol. The Bertz CT molecular complexity index is 974. The third-order valence-electron chi connectivity index (χ3n) is 4.19. The van der Waals surface area contributed by atoms with Gasteiger partial charge in [-0.25, -0.2) is 9.37 Å². The standard InChI is InChI=1S/C18H21FN6OS/c1-11-14(12(2)25-18(22-11)23-17(20)24-25)9-16(26)21-7-8-27-10-13-5-3-4-6-15(13)19/h3-6H,7-10H2,1-2H3,(H2,20,24)(H,21,26). The number of carbonyl (C=O) groups excluding carboxylic acids is 1. The second-order valence-electron chi connectivity index (χ2n) is 6.11. The molecule has 142 valence electrons. The monoisotopic (exact) mass is 388 g/mol. The van der Waals surface area contributed by atoms with E-state index in [1.165, 1.54) is 6.07 Å². The molecule has 0 bridgehead atoms. The summed E-state index contributed by atoms with van der Waals surface area (Å²) in [6.07, 6.45) is 0.207. The first kappa shape index (κ1) is 19.1. The summed E-state index contributed by atoms with van der Waals surface area (Å²) in [7, 11) is 0. The molecule has 3 rings (SSSR count). The SMILES string of the molecule is Cc1nc2nc(N)nn2c(C)c1CC(=O)NCCSCc1ccccc1F. The first-order valence-electron chi connectivity index (χ1n) is 8.52. The largest absolute Gasteiger partial charge is 0.366 e. The molecule has 0 aliphatic heterocycles. The summed E-state index contributed by atoms with van der Waals surface area (Å²) in [5.74, 6) is 1.57. The second-order valence-corrected chi connectivity index (χ2v) is 7.22. The van der Waals surface area contributed by atoms with Crippen LogP contribution in [0.3, 0.4) is 0 Å². The van der Waals surface area contributed by atoms with Crippen LogP contribution in [0.5, 0.6) is 0 Å². The van der Waals surface area contributed by atoms with Crippen molar-refractivity contribution in [2.45, 2.75) is 26.0 Å². The zero-order chi connectivity index (χ0) is 19.4. The predicted octanol–water partition coefficient (Wildman–Crippen LogP) is 2.05. The van der Waals surface area contributed by atoms with Gasteiger partial charge in [-0.1, -0.05) is 18.2 Å². The summed E-state index contributed by atoms with van der Waals surface area (Å²) in [4.78, 5) is 20.7. The van der Waals surface area contributed by atoms with Gasteiger partial charge in [0.1, 0.15) is 5.82 Å². The van der Waals surface area contributed by atoms with Crippen LogP contribution in [0.1, 0.15) is 22.5 Å². The van der Waals surface area contributed by atoms with Crippen molar-refractivity contribution >= 4 is 29.4 Å². The molecule has 9 heteroatoms. The van der Waals surface area contributed by atoms with Gasteiger partial charge in [-0.2, -0.15) is 21.3 Å². The molecule has 1 amide bonds. The highest BCUT2D eigenvalue weighted by atomic mass is 32.2. The van der Waals surface area contributed by atoms with E-state index < -0.39 is 0 Å². The first-order valence-corrected chi connectivity index (χ1v) is 9.67. The van der Waals surface area contributed by atoms with Gasteiger partial charge >= 0.3 is 0 Å². The minimum absolute atomic E-state index is 0.0954. The molecule has 27 heavy (non-hydrogen) atoms. The Morgan fingerprint density at radius 3 is 2.85 bits per heavy atom. The Morgan fingerprint density at radius 2 is 2.07 bits per heavy atom. The topological polar surface area (TPSA) is 98.2 Å². The quantitative estimate of drug-likeness (QED) is 0.601. The Kier molecular flexibility index (Phi) is 5.90. The van der Waals surface area contributed by atoms with Crippen molar-refractivity contribution in [1.82, 2.24) is 24.9 Å². The third kappa shape index (κ3) is 4.54. The van der Waals surface area contributed by atoms with Crippen LogP contribution < -0.4 is 11.1 Å². The van der Waals surface area contributed by atoms with E-state index in [4.69, 9.17) is 5.73 Å². The number of carbonyl (C=O) groups is 1. The Labute approximate surface area is 160 Å². The number of rotatable bonds is 7. The van der Waals surface area contributed by atoms with Crippen LogP contribution in [0, 0.1) is 19.7 Å². The van der Waals surface area contributed by atoms with Gasteiger partial charge < -0.3 is 11.1 Å². The fourth-order valence-corrected chi connectivity index (χ4v) is 3.61. The highest BCUT2D eigenvalue weighted by molar-refractivity contribution is 7.98. The van der Waals surface area contributed by atoms with Gasteiger partial charge in [-0.05, 0) is 25.5 Å². The summed E-state index contributed by atoms with van der Waals surface area (Å²) in [5, 5.41) is 6.99. The summed E-state index contributed by atoms with van der Waals surface area (Å²) >= 11 is 1.58. The molecular weight excluding hydrogens is 367 g/mol. The number of nitrogen functional groups attached to an aromatic ring is 1. The van der Waals surface area contributed by atoms with Gasteiger partial charge in [0.25, 0.3) is 5.78 Å². The number of halogens is 1. The lowest BCUT2D eigenvalue weighted by Gasteiger charge is -2.10. The van der Waals surface area contributed by atoms with Gasteiger partial charge in [0.2, 0.25) is 11.9 Å². The van der Waals surface area contributed by atoms with E-state index >= 15 is 0 Å². The maximum Gasteiger partial charge on any atom is 0.254 e. The summed E-state index contributed by atoms with van der Waals surface area (Å²) in [6.45, 7) is 4.22. The van der Waals surface area contributed by atoms with Gasteiger partial charge in [-0.15, -0.1) is 5.10 Å². The Morgan fingerprint density at radius 1 is 1.30 bits per heavy atom. The summed E-state index contributed by atoms with van der Waals surface area (Å²) < 4.78 is 15.1. The number of nitrogens with zero attached hydrogens (tertiary/aromatic N) is 4. The highest BCUT2D eigenvalue weighted by Crippen LogP contribution is 2.16. The van der Waals surface area contributed by atoms with Crippen molar-refractivity contribution in [3.63, 3.8) is 0 Å². The summed E-state index contributed by atoms with van der Waals surface area (Å²) in [5.41, 5.74) is 8.63. The van der Waals surface area contributed by atoms with E-state index in [0.717, 1.165) is 17.0 Å². The van der Waals surface area contributed by atoms with Crippen LogP contribution in [0.4, 0.5) is 10.3 Å². The fraction of sp³-hybridized carbons (Fsp3) is 0.333. The number of fused-ring (bicyclic) bond motifs is 1. The number of nitrogens with two attached hydrogens (primary N) is 1. The molecule has 0 saturated carbocycles. The average Bonchev–Trinajstić information content (AvgIpc) is 3.00. The lowest BCUT2D eigenvalue weighted by molar-refractivity contribution is -0.120. The molecular formula is C18H21FN6OS. The van der Waals surface area contributed by atoms with E-state index in [9.17, 15) is 9.18 Å². The molecule has 2 heterocycles. The maximum atomic E-state index is 13.5. The number of thioether (sulfide) groups is 1. The minimum atomic E-state index is -0.198. The average molecular weight is 388 g/mol. The number of anilines is 1. The Hall–Kier alpha value is -2.68. The molecule has 0 atom stereocenters. The lowest BCUT2D eigenvalue weighted by Crippen LogP contribution is -2.28. The van der Waals surface area contributed by atoms with Crippen LogP contribution in [-0.4, -0.2) is 37.8 Å². The molecule has 0 fully saturated rings. The second kappa shape index (κ2) is 8.34. The number of nitrogens with one attached hydrogen (secondary N) is 1. The minimum Gasteiger partial charge on any atom is -0.366 e. The van der Waals surface area contributed by atoms with Crippen molar-refractivity contribution < 1.29 is 9.18 Å². The number of hydrogen-bond acceptors (Lipinski definition) is 6. The molecule has 7 nitrogen and oxygen atoms in total. The summed E-state index contributed by atoms with van der Waals surface area (Å²) in [6, 6.07) is 6.72. The number of aryl methyl sites for hydroxylation is 2. The van der Waals surface area contributed by atoms with Crippen LogP contribution in [0.25, 0.3) is 5.78 Å². The molecule has 0 unspecified atom stereocenters. The van der Waals surface area contributed by atoms with Crippen molar-refractivity contribution in [3.8, 4) is 0 Å². The van der Waals surface area contributed by atoms with E-state index in [1.54, 1.807) is 28.4 Å². The number of amides is 1. The number of benzene rings is 1. The molecule has 0 radical (unpaired) electrons. The molecule has 3 N–H and O–H groups in total. The zero-order valence-electron chi connectivity index (χ0n) is 15.2. The molecule has 0 aliphatic carbocycles. The smallest absolute Gasteiger partial charge is 0.254 e. The van der Waals surface area contributed by atoms with E-state index in [0.29, 0.717) is 29.4 Å². The maximum absolute atomic E-state index is 13.5. The van der Waals surface area contributed by atoms with Gasteiger partial charge in [-0.3, -0.25) is 4.79 Å². The van der Waals surface area contributed by atoms with Crippen LogP contribution in [0.15, 0.2) is 24.3 Å². The molecule has 0 aliphatic rings. The molecule has 3 aromatic rings. The first-order chi connectivity index (χ1) is 13.0. The Balaban J connectivity index is 1.51. The number of aromatic nitrogens is 4. The van der Waals surface area contributed by atoms with E-state index in [1.807, 2.05) is 19.9 Å². The normalized spacial score (nSPS) is 11.1.